The van der Waals surface area contributed by atoms with Crippen molar-refractivity contribution in [1.82, 2.24) is 0 Å². The Morgan fingerprint density at radius 3 is 2.73 bits per heavy atom. The molecule has 1 nitrogen and oxygen atoms in total. The standard InChI is InChI=1S/C14H17N/c1-11-7-3-4-8-12(11)13-9-5-6-10-14(13)15-2/h3,5-7,9-10,15H,4,8H2,1-2H3. The van der Waals surface area contributed by atoms with Gasteiger partial charge in [0.05, 0.1) is 0 Å². The zero-order valence-electron chi connectivity index (χ0n) is 9.38. The Morgan fingerprint density at radius 2 is 2.00 bits per heavy atom. The second-order valence-corrected chi connectivity index (χ2v) is 3.90. The topological polar surface area (TPSA) is 12.0 Å². The molecule has 0 saturated heterocycles. The van der Waals surface area contributed by atoms with E-state index in [2.05, 4.69) is 48.7 Å². The lowest BCUT2D eigenvalue weighted by atomic mass is 9.91. The largest absolute Gasteiger partial charge is 0.388 e. The van der Waals surface area contributed by atoms with Crippen LogP contribution < -0.4 is 5.32 Å². The molecule has 0 unspecified atom stereocenters. The predicted octanol–water partition coefficient (Wildman–Crippen LogP) is 3.85. The zero-order valence-corrected chi connectivity index (χ0v) is 9.38. The molecule has 0 spiro atoms. The van der Waals surface area contributed by atoms with Crippen molar-refractivity contribution in [2.75, 3.05) is 12.4 Å². The minimum atomic E-state index is 1.15. The van der Waals surface area contributed by atoms with Gasteiger partial charge in [-0.1, -0.05) is 30.4 Å². The SMILES string of the molecule is CNc1ccccc1C1=C(C)C=CCC1. The number of hydrogen-bond donors (Lipinski definition) is 1. The minimum absolute atomic E-state index is 1.15. The van der Waals surface area contributed by atoms with E-state index in [0.29, 0.717) is 0 Å². The highest BCUT2D eigenvalue weighted by atomic mass is 14.8. The van der Waals surface area contributed by atoms with E-state index >= 15 is 0 Å². The average molecular weight is 199 g/mol. The molecule has 0 atom stereocenters. The maximum absolute atomic E-state index is 3.26. The normalized spacial score (nSPS) is 15.6. The number of allylic oxidation sites excluding steroid dienone is 4. The van der Waals surface area contributed by atoms with E-state index in [1.54, 1.807) is 0 Å². The third-order valence-electron chi connectivity index (χ3n) is 2.93. The molecule has 0 aliphatic heterocycles. The van der Waals surface area contributed by atoms with E-state index in [9.17, 15) is 0 Å². The summed E-state index contributed by atoms with van der Waals surface area (Å²) in [6, 6.07) is 8.51. The fourth-order valence-corrected chi connectivity index (χ4v) is 2.10. The van der Waals surface area contributed by atoms with Gasteiger partial charge in [0.1, 0.15) is 0 Å². The summed E-state index contributed by atoms with van der Waals surface area (Å²) in [5, 5.41) is 3.26. The van der Waals surface area contributed by atoms with E-state index < -0.39 is 0 Å². The fraction of sp³-hybridized carbons (Fsp3) is 0.286. The Morgan fingerprint density at radius 1 is 1.20 bits per heavy atom. The molecule has 1 N–H and O–H groups in total. The van der Waals surface area contributed by atoms with Crippen LogP contribution in [0.15, 0.2) is 42.0 Å². The van der Waals surface area contributed by atoms with Gasteiger partial charge in [0.25, 0.3) is 0 Å². The molecule has 0 heterocycles. The fourth-order valence-electron chi connectivity index (χ4n) is 2.10. The summed E-state index contributed by atoms with van der Waals surface area (Å²) in [6.45, 7) is 2.19. The van der Waals surface area contributed by atoms with Crippen LogP contribution in [0.4, 0.5) is 5.69 Å². The molecule has 1 aromatic carbocycles. The summed E-state index contributed by atoms with van der Waals surface area (Å²) < 4.78 is 0. The monoisotopic (exact) mass is 199 g/mol. The summed E-state index contributed by atoms with van der Waals surface area (Å²) in [6.07, 6.45) is 6.79. The lowest BCUT2D eigenvalue weighted by Gasteiger charge is -2.16. The summed E-state index contributed by atoms with van der Waals surface area (Å²) in [5.74, 6) is 0. The zero-order chi connectivity index (χ0) is 10.7. The van der Waals surface area contributed by atoms with Crippen LogP contribution in [0.2, 0.25) is 0 Å². The maximum atomic E-state index is 3.26. The first-order chi connectivity index (χ1) is 7.33. The van der Waals surface area contributed by atoms with Crippen LogP contribution in [0.1, 0.15) is 25.3 Å². The van der Waals surface area contributed by atoms with Crippen LogP contribution in [-0.4, -0.2) is 7.05 Å². The van der Waals surface area contributed by atoms with Crippen LogP contribution in [0.25, 0.3) is 5.57 Å². The first-order valence-corrected chi connectivity index (χ1v) is 5.46. The van der Waals surface area contributed by atoms with E-state index in [1.165, 1.54) is 22.4 Å². The predicted molar refractivity (Wildman–Crippen MR) is 67.0 cm³/mol. The van der Waals surface area contributed by atoms with Crippen molar-refractivity contribution in [2.45, 2.75) is 19.8 Å². The van der Waals surface area contributed by atoms with Crippen molar-refractivity contribution < 1.29 is 0 Å². The van der Waals surface area contributed by atoms with Gasteiger partial charge in [0.15, 0.2) is 0 Å². The van der Waals surface area contributed by atoms with Gasteiger partial charge in [-0.15, -0.1) is 0 Å². The highest BCUT2D eigenvalue weighted by Crippen LogP contribution is 2.32. The second kappa shape index (κ2) is 4.35. The lowest BCUT2D eigenvalue weighted by Crippen LogP contribution is -1.98. The van der Waals surface area contributed by atoms with Crippen LogP contribution >= 0.6 is 0 Å². The van der Waals surface area contributed by atoms with Gasteiger partial charge in [-0.2, -0.15) is 0 Å². The van der Waals surface area contributed by atoms with Gasteiger partial charge < -0.3 is 5.32 Å². The van der Waals surface area contributed by atoms with Gasteiger partial charge in [0.2, 0.25) is 0 Å². The van der Waals surface area contributed by atoms with Crippen molar-refractivity contribution in [3.63, 3.8) is 0 Å². The average Bonchev–Trinajstić information content (AvgIpc) is 2.30. The van der Waals surface area contributed by atoms with E-state index in [4.69, 9.17) is 0 Å². The van der Waals surface area contributed by atoms with Crippen molar-refractivity contribution in [3.8, 4) is 0 Å². The number of nitrogens with one attached hydrogen (secondary N) is 1. The number of para-hydroxylation sites is 1. The van der Waals surface area contributed by atoms with E-state index in [-0.39, 0.29) is 0 Å². The molecule has 15 heavy (non-hydrogen) atoms. The molecule has 0 saturated carbocycles. The van der Waals surface area contributed by atoms with Gasteiger partial charge in [-0.05, 0) is 37.0 Å². The smallest absolute Gasteiger partial charge is 0.0414 e. The number of rotatable bonds is 2. The van der Waals surface area contributed by atoms with Crippen molar-refractivity contribution in [1.29, 1.82) is 0 Å². The third-order valence-corrected chi connectivity index (χ3v) is 2.93. The Labute approximate surface area is 91.5 Å². The third kappa shape index (κ3) is 1.96. The molecule has 0 fully saturated rings. The molecule has 1 aliphatic rings. The lowest BCUT2D eigenvalue weighted by molar-refractivity contribution is 1.04. The molecule has 2 rings (SSSR count). The number of hydrogen-bond acceptors (Lipinski definition) is 1. The van der Waals surface area contributed by atoms with Gasteiger partial charge in [-0.3, -0.25) is 0 Å². The summed E-state index contributed by atoms with van der Waals surface area (Å²) in [7, 11) is 1.98. The molecule has 0 bridgehead atoms. The molecule has 1 aromatic rings. The second-order valence-electron chi connectivity index (χ2n) is 3.90. The summed E-state index contributed by atoms with van der Waals surface area (Å²) in [4.78, 5) is 0. The summed E-state index contributed by atoms with van der Waals surface area (Å²) >= 11 is 0. The van der Waals surface area contributed by atoms with Crippen LogP contribution in [0, 0.1) is 0 Å². The Balaban J connectivity index is 2.48. The Kier molecular flexibility index (Phi) is 2.91. The summed E-state index contributed by atoms with van der Waals surface area (Å²) in [5.41, 5.74) is 5.44. The van der Waals surface area contributed by atoms with Crippen LogP contribution in [0.5, 0.6) is 0 Å². The molecule has 78 valence electrons. The highest BCUT2D eigenvalue weighted by Gasteiger charge is 2.10. The highest BCUT2D eigenvalue weighted by molar-refractivity contribution is 5.79. The van der Waals surface area contributed by atoms with E-state index in [1.807, 2.05) is 7.05 Å². The quantitative estimate of drug-likeness (QED) is 0.762. The molecule has 1 heteroatoms. The molecule has 1 aliphatic carbocycles. The van der Waals surface area contributed by atoms with Gasteiger partial charge in [-0.25, -0.2) is 0 Å². The maximum Gasteiger partial charge on any atom is 0.0414 e. The number of anilines is 1. The van der Waals surface area contributed by atoms with E-state index in [0.717, 1.165) is 12.8 Å². The molecule has 0 amide bonds. The van der Waals surface area contributed by atoms with Crippen LogP contribution in [0.3, 0.4) is 0 Å². The van der Waals surface area contributed by atoms with Crippen molar-refractivity contribution in [2.24, 2.45) is 0 Å². The minimum Gasteiger partial charge on any atom is -0.388 e. The Bertz CT molecular complexity index is 413. The number of benzene rings is 1. The first-order valence-electron chi connectivity index (χ1n) is 5.46. The van der Waals surface area contributed by atoms with Crippen molar-refractivity contribution in [3.05, 3.63) is 47.6 Å². The Hall–Kier alpha value is -1.50. The van der Waals surface area contributed by atoms with Crippen LogP contribution in [-0.2, 0) is 0 Å². The molecular formula is C14H17N. The van der Waals surface area contributed by atoms with Gasteiger partial charge >= 0.3 is 0 Å². The molecular weight excluding hydrogens is 182 g/mol. The van der Waals surface area contributed by atoms with Crippen molar-refractivity contribution >= 4 is 11.3 Å². The van der Waals surface area contributed by atoms with Gasteiger partial charge in [0, 0.05) is 18.3 Å². The molecule has 0 radical (unpaired) electrons. The molecule has 0 aromatic heterocycles. The first kappa shape index (κ1) is 10.0.